The van der Waals surface area contributed by atoms with Gasteiger partial charge >= 0.3 is 5.97 Å². The van der Waals surface area contributed by atoms with Gasteiger partial charge in [-0.15, -0.1) is 11.3 Å². The van der Waals surface area contributed by atoms with Crippen LogP contribution in [0.2, 0.25) is 0 Å². The van der Waals surface area contributed by atoms with Crippen molar-refractivity contribution in [1.29, 1.82) is 0 Å². The molecule has 0 aromatic carbocycles. The molecule has 1 N–H and O–H groups in total. The molecule has 2 unspecified atom stereocenters. The molecular weight excluding hydrogens is 270 g/mol. The summed E-state index contributed by atoms with van der Waals surface area (Å²) >= 11 is 1.69. The zero-order chi connectivity index (χ0) is 15.3. The largest absolute Gasteiger partial charge is 0.465 e. The Labute approximate surface area is 126 Å². The Morgan fingerprint density at radius 1 is 1.35 bits per heavy atom. The molecule has 0 fully saturated rings. The summed E-state index contributed by atoms with van der Waals surface area (Å²) in [5.74, 6) is -0.185. The van der Waals surface area contributed by atoms with Crippen LogP contribution in [0, 0.1) is 0 Å². The van der Waals surface area contributed by atoms with Gasteiger partial charge in [0.1, 0.15) is 6.04 Å². The number of esters is 1. The lowest BCUT2D eigenvalue weighted by Gasteiger charge is -2.20. The molecule has 0 aliphatic heterocycles. The van der Waals surface area contributed by atoms with E-state index in [1.807, 2.05) is 13.0 Å². The lowest BCUT2D eigenvalue weighted by molar-refractivity contribution is -0.146. The molecule has 0 saturated heterocycles. The van der Waals surface area contributed by atoms with Gasteiger partial charge in [-0.05, 0) is 37.8 Å². The summed E-state index contributed by atoms with van der Waals surface area (Å²) in [5, 5.41) is 3.37. The van der Waals surface area contributed by atoms with Gasteiger partial charge in [0, 0.05) is 15.8 Å². The number of hydrogen-bond donors (Lipinski definition) is 1. The fourth-order valence-corrected chi connectivity index (χ4v) is 2.92. The highest BCUT2D eigenvalue weighted by atomic mass is 32.1. The van der Waals surface area contributed by atoms with Crippen LogP contribution in [0.4, 0.5) is 0 Å². The van der Waals surface area contributed by atoms with Gasteiger partial charge in [0.2, 0.25) is 0 Å². The number of thiophene rings is 1. The zero-order valence-electron chi connectivity index (χ0n) is 13.4. The highest BCUT2D eigenvalue weighted by Crippen LogP contribution is 2.33. The molecule has 0 amide bonds. The predicted molar refractivity (Wildman–Crippen MR) is 85.3 cm³/mol. The Kier molecular flexibility index (Phi) is 6.21. The minimum atomic E-state index is -0.356. The molecule has 1 aromatic heterocycles. The third-order valence-corrected chi connectivity index (χ3v) is 4.81. The van der Waals surface area contributed by atoms with Gasteiger partial charge in [-0.3, -0.25) is 5.32 Å². The average molecular weight is 297 g/mol. The van der Waals surface area contributed by atoms with Crippen molar-refractivity contribution < 1.29 is 9.53 Å². The molecule has 0 radical (unpaired) electrons. The van der Waals surface area contributed by atoms with Gasteiger partial charge in [0.15, 0.2) is 0 Å². The maximum atomic E-state index is 12.2. The third-order valence-electron chi connectivity index (χ3n) is 3.24. The first kappa shape index (κ1) is 17.2. The monoisotopic (exact) mass is 297 g/mol. The first-order chi connectivity index (χ1) is 9.29. The van der Waals surface area contributed by atoms with Crippen LogP contribution in [0.15, 0.2) is 12.1 Å². The summed E-state index contributed by atoms with van der Waals surface area (Å²) in [6.45, 7) is 13.0. The van der Waals surface area contributed by atoms with Crippen LogP contribution in [0.3, 0.4) is 0 Å². The lowest BCUT2D eigenvalue weighted by atomic mass is 9.95. The predicted octanol–water partition coefficient (Wildman–Crippen LogP) is 4.04. The number of carbonyl (C=O) groups excluding carboxylic acids is 1. The Morgan fingerprint density at radius 2 is 2.00 bits per heavy atom. The van der Waals surface area contributed by atoms with Crippen molar-refractivity contribution in [2.75, 3.05) is 6.61 Å². The van der Waals surface area contributed by atoms with E-state index in [1.165, 1.54) is 4.88 Å². The van der Waals surface area contributed by atoms with Crippen LogP contribution >= 0.6 is 11.3 Å². The molecule has 1 aromatic rings. The lowest BCUT2D eigenvalue weighted by Crippen LogP contribution is -2.35. The molecule has 1 heterocycles. The molecule has 0 aliphatic carbocycles. The van der Waals surface area contributed by atoms with E-state index in [0.717, 1.165) is 11.3 Å². The van der Waals surface area contributed by atoms with Crippen LogP contribution in [-0.4, -0.2) is 18.6 Å². The first-order valence-corrected chi connectivity index (χ1v) is 8.14. The normalized spacial score (nSPS) is 14.9. The maximum absolute atomic E-state index is 12.2. The summed E-state index contributed by atoms with van der Waals surface area (Å²) < 4.78 is 5.20. The van der Waals surface area contributed by atoms with Gasteiger partial charge in [-0.1, -0.05) is 27.7 Å². The molecule has 0 bridgehead atoms. The fourth-order valence-electron chi connectivity index (χ4n) is 1.81. The molecule has 20 heavy (non-hydrogen) atoms. The minimum absolute atomic E-state index is 0.110. The van der Waals surface area contributed by atoms with E-state index in [1.54, 1.807) is 11.3 Å². The SMILES string of the molecule is CCOC(=O)C(NC(C)CC)c1ccc(C(C)(C)C)s1. The Balaban J connectivity index is 2.98. The maximum Gasteiger partial charge on any atom is 0.328 e. The molecule has 0 spiro atoms. The van der Waals surface area contributed by atoms with Crippen molar-refractivity contribution in [3.05, 3.63) is 21.9 Å². The van der Waals surface area contributed by atoms with Gasteiger partial charge in [-0.2, -0.15) is 0 Å². The summed E-state index contributed by atoms with van der Waals surface area (Å²) in [7, 11) is 0. The highest BCUT2D eigenvalue weighted by Gasteiger charge is 2.26. The topological polar surface area (TPSA) is 38.3 Å². The van der Waals surface area contributed by atoms with E-state index in [9.17, 15) is 4.79 Å². The second kappa shape index (κ2) is 7.23. The van der Waals surface area contributed by atoms with Crippen LogP contribution in [0.5, 0.6) is 0 Å². The van der Waals surface area contributed by atoms with Crippen LogP contribution in [0.25, 0.3) is 0 Å². The molecule has 2 atom stereocenters. The van der Waals surface area contributed by atoms with E-state index in [-0.39, 0.29) is 23.5 Å². The summed E-state index contributed by atoms with van der Waals surface area (Å²) in [4.78, 5) is 14.5. The molecule has 4 heteroatoms. The quantitative estimate of drug-likeness (QED) is 0.805. The third kappa shape index (κ3) is 4.60. The van der Waals surface area contributed by atoms with E-state index in [2.05, 4.69) is 46.0 Å². The smallest absolute Gasteiger partial charge is 0.328 e. The second-order valence-corrected chi connectivity index (χ2v) is 7.23. The number of rotatable bonds is 6. The second-order valence-electron chi connectivity index (χ2n) is 6.11. The van der Waals surface area contributed by atoms with Crippen molar-refractivity contribution in [3.8, 4) is 0 Å². The van der Waals surface area contributed by atoms with E-state index < -0.39 is 0 Å². The molecule has 1 rings (SSSR count). The van der Waals surface area contributed by atoms with E-state index in [4.69, 9.17) is 4.74 Å². The molecule has 0 aliphatic rings. The minimum Gasteiger partial charge on any atom is -0.465 e. The zero-order valence-corrected chi connectivity index (χ0v) is 14.3. The van der Waals surface area contributed by atoms with Gasteiger partial charge in [-0.25, -0.2) is 4.79 Å². The molecule has 3 nitrogen and oxygen atoms in total. The van der Waals surface area contributed by atoms with E-state index in [0.29, 0.717) is 6.61 Å². The Morgan fingerprint density at radius 3 is 2.45 bits per heavy atom. The number of nitrogens with one attached hydrogen (secondary N) is 1. The standard InChI is InChI=1S/C16H27NO2S/c1-7-11(3)17-14(15(18)19-8-2)12-9-10-13(20-12)16(4,5)6/h9-11,14,17H,7-8H2,1-6H3. The van der Waals surface area contributed by atoms with Gasteiger partial charge in [0.05, 0.1) is 6.61 Å². The van der Waals surface area contributed by atoms with Crippen molar-refractivity contribution in [1.82, 2.24) is 5.32 Å². The summed E-state index contributed by atoms with van der Waals surface area (Å²) in [6.07, 6.45) is 0.980. The highest BCUT2D eigenvalue weighted by molar-refractivity contribution is 7.12. The van der Waals surface area contributed by atoms with Crippen LogP contribution in [-0.2, 0) is 14.9 Å². The summed E-state index contributed by atoms with van der Waals surface area (Å²) in [6, 6.07) is 4.09. The van der Waals surface area contributed by atoms with Crippen molar-refractivity contribution in [3.63, 3.8) is 0 Å². The van der Waals surface area contributed by atoms with Crippen LogP contribution < -0.4 is 5.32 Å². The van der Waals surface area contributed by atoms with Crippen molar-refractivity contribution in [2.45, 2.75) is 65.5 Å². The Hall–Kier alpha value is -0.870. The molecule has 0 saturated carbocycles. The number of hydrogen-bond acceptors (Lipinski definition) is 4. The van der Waals surface area contributed by atoms with Crippen molar-refractivity contribution in [2.24, 2.45) is 0 Å². The van der Waals surface area contributed by atoms with E-state index >= 15 is 0 Å². The van der Waals surface area contributed by atoms with Gasteiger partial charge < -0.3 is 4.74 Å². The van der Waals surface area contributed by atoms with Crippen molar-refractivity contribution >= 4 is 17.3 Å². The fraction of sp³-hybridized carbons (Fsp3) is 0.688. The molecule has 114 valence electrons. The number of ether oxygens (including phenoxy) is 1. The number of carbonyl (C=O) groups is 1. The van der Waals surface area contributed by atoms with Crippen LogP contribution in [0.1, 0.15) is 63.8 Å². The van der Waals surface area contributed by atoms with Gasteiger partial charge in [0.25, 0.3) is 0 Å². The summed E-state index contributed by atoms with van der Waals surface area (Å²) in [5.41, 5.74) is 0.110. The average Bonchev–Trinajstić information content (AvgIpc) is 2.84. The Bertz CT molecular complexity index is 434. The first-order valence-electron chi connectivity index (χ1n) is 7.32. The molecular formula is C16H27NO2S.